The van der Waals surface area contributed by atoms with Gasteiger partial charge in [-0.1, -0.05) is 22.4 Å². The van der Waals surface area contributed by atoms with Gasteiger partial charge in [-0.3, -0.25) is 4.79 Å². The van der Waals surface area contributed by atoms with E-state index < -0.39 is 0 Å². The Morgan fingerprint density at radius 1 is 1.60 bits per heavy atom. The third kappa shape index (κ3) is 2.61. The van der Waals surface area contributed by atoms with E-state index in [2.05, 4.69) is 21.2 Å². The predicted molar refractivity (Wildman–Crippen MR) is 66.7 cm³/mol. The van der Waals surface area contributed by atoms with E-state index in [1.54, 1.807) is 11.3 Å². The quantitative estimate of drug-likeness (QED) is 0.851. The fourth-order valence-corrected chi connectivity index (χ4v) is 3.47. The SMILES string of the molecule is O=C(NC1CCCC1CBr)c1ccsc1. The van der Waals surface area contributed by atoms with Crippen molar-refractivity contribution in [1.82, 2.24) is 5.32 Å². The smallest absolute Gasteiger partial charge is 0.252 e. The Morgan fingerprint density at radius 3 is 3.13 bits per heavy atom. The minimum atomic E-state index is 0.0779. The van der Waals surface area contributed by atoms with Crippen LogP contribution < -0.4 is 5.32 Å². The Hall–Kier alpha value is -0.350. The van der Waals surface area contributed by atoms with Gasteiger partial charge in [-0.2, -0.15) is 11.3 Å². The molecule has 1 aromatic rings. The second kappa shape index (κ2) is 5.12. The summed E-state index contributed by atoms with van der Waals surface area (Å²) in [6, 6.07) is 2.23. The van der Waals surface area contributed by atoms with E-state index in [9.17, 15) is 4.79 Å². The third-order valence-electron chi connectivity index (χ3n) is 2.96. The van der Waals surface area contributed by atoms with Crippen molar-refractivity contribution in [2.24, 2.45) is 5.92 Å². The Morgan fingerprint density at radius 2 is 2.47 bits per heavy atom. The number of alkyl halides is 1. The molecule has 4 heteroatoms. The minimum Gasteiger partial charge on any atom is -0.349 e. The predicted octanol–water partition coefficient (Wildman–Crippen LogP) is 3.04. The first kappa shape index (κ1) is 11.1. The number of halogens is 1. The number of carbonyl (C=O) groups excluding carboxylic acids is 1. The van der Waals surface area contributed by atoms with Crippen molar-refractivity contribution in [2.45, 2.75) is 25.3 Å². The minimum absolute atomic E-state index is 0.0779. The van der Waals surface area contributed by atoms with Gasteiger partial charge in [0.2, 0.25) is 0 Å². The van der Waals surface area contributed by atoms with Crippen LogP contribution in [0.15, 0.2) is 16.8 Å². The van der Waals surface area contributed by atoms with E-state index in [-0.39, 0.29) is 5.91 Å². The normalized spacial score (nSPS) is 25.4. The van der Waals surface area contributed by atoms with E-state index in [4.69, 9.17) is 0 Å². The van der Waals surface area contributed by atoms with Crippen LogP contribution in [0.25, 0.3) is 0 Å². The molecule has 1 amide bonds. The Kier molecular flexibility index (Phi) is 3.81. The maximum absolute atomic E-state index is 11.8. The highest BCUT2D eigenvalue weighted by Crippen LogP contribution is 2.27. The molecule has 0 bridgehead atoms. The number of hydrogen-bond acceptors (Lipinski definition) is 2. The highest BCUT2D eigenvalue weighted by atomic mass is 79.9. The molecule has 2 atom stereocenters. The topological polar surface area (TPSA) is 29.1 Å². The van der Waals surface area contributed by atoms with Gasteiger partial charge in [0, 0.05) is 22.3 Å². The monoisotopic (exact) mass is 287 g/mol. The summed E-state index contributed by atoms with van der Waals surface area (Å²) in [7, 11) is 0. The maximum Gasteiger partial charge on any atom is 0.252 e. The highest BCUT2D eigenvalue weighted by Gasteiger charge is 2.27. The van der Waals surface area contributed by atoms with Gasteiger partial charge in [-0.25, -0.2) is 0 Å². The first-order valence-corrected chi connectivity index (χ1v) is 7.26. The van der Waals surface area contributed by atoms with Crippen molar-refractivity contribution in [3.05, 3.63) is 22.4 Å². The van der Waals surface area contributed by atoms with Crippen LogP contribution in [0, 0.1) is 5.92 Å². The van der Waals surface area contributed by atoms with Gasteiger partial charge in [-0.15, -0.1) is 0 Å². The van der Waals surface area contributed by atoms with Gasteiger partial charge in [0.05, 0.1) is 0 Å². The number of carbonyl (C=O) groups is 1. The molecule has 0 saturated heterocycles. The molecule has 1 fully saturated rings. The maximum atomic E-state index is 11.8. The molecule has 1 aliphatic carbocycles. The molecule has 1 heterocycles. The van der Waals surface area contributed by atoms with Gasteiger partial charge in [0.1, 0.15) is 0 Å². The molecule has 2 rings (SSSR count). The summed E-state index contributed by atoms with van der Waals surface area (Å²) in [6.07, 6.45) is 3.57. The van der Waals surface area contributed by atoms with Crippen LogP contribution in [0.1, 0.15) is 29.6 Å². The van der Waals surface area contributed by atoms with Crippen molar-refractivity contribution in [3.63, 3.8) is 0 Å². The number of thiophene rings is 1. The summed E-state index contributed by atoms with van der Waals surface area (Å²) < 4.78 is 0. The summed E-state index contributed by atoms with van der Waals surface area (Å²) in [5.41, 5.74) is 0.792. The van der Waals surface area contributed by atoms with E-state index in [1.165, 1.54) is 12.8 Å². The lowest BCUT2D eigenvalue weighted by molar-refractivity contribution is 0.0931. The third-order valence-corrected chi connectivity index (χ3v) is 4.47. The van der Waals surface area contributed by atoms with E-state index in [0.717, 1.165) is 17.3 Å². The molecule has 2 unspecified atom stereocenters. The van der Waals surface area contributed by atoms with Crippen LogP contribution in [0.3, 0.4) is 0 Å². The lowest BCUT2D eigenvalue weighted by Gasteiger charge is -2.18. The van der Waals surface area contributed by atoms with Crippen molar-refractivity contribution >= 4 is 33.2 Å². The summed E-state index contributed by atoms with van der Waals surface area (Å²) >= 11 is 5.07. The second-order valence-electron chi connectivity index (χ2n) is 3.94. The fraction of sp³-hybridized carbons (Fsp3) is 0.545. The lowest BCUT2D eigenvalue weighted by Crippen LogP contribution is -2.37. The summed E-state index contributed by atoms with van der Waals surface area (Å²) in [5, 5.41) is 7.94. The van der Waals surface area contributed by atoms with Crippen LogP contribution in [0.4, 0.5) is 0 Å². The molecule has 1 saturated carbocycles. The molecule has 15 heavy (non-hydrogen) atoms. The van der Waals surface area contributed by atoms with Crippen LogP contribution in [0.2, 0.25) is 0 Å². The van der Waals surface area contributed by atoms with Gasteiger partial charge in [0.15, 0.2) is 0 Å². The molecule has 1 N–H and O–H groups in total. The standard InChI is InChI=1S/C11H14BrNOS/c12-6-8-2-1-3-10(8)13-11(14)9-4-5-15-7-9/h4-5,7-8,10H,1-3,6H2,(H,13,14). The first-order chi connectivity index (χ1) is 7.31. The molecule has 0 aromatic carbocycles. The van der Waals surface area contributed by atoms with Crippen LogP contribution >= 0.6 is 27.3 Å². The lowest BCUT2D eigenvalue weighted by atomic mass is 10.1. The summed E-state index contributed by atoms with van der Waals surface area (Å²) in [6.45, 7) is 0. The first-order valence-electron chi connectivity index (χ1n) is 5.20. The number of rotatable bonds is 3. The van der Waals surface area contributed by atoms with E-state index >= 15 is 0 Å². The molecule has 2 nitrogen and oxygen atoms in total. The van der Waals surface area contributed by atoms with Gasteiger partial charge in [0.25, 0.3) is 5.91 Å². The van der Waals surface area contributed by atoms with E-state index in [0.29, 0.717) is 12.0 Å². The Bertz CT molecular complexity index is 325. The zero-order valence-corrected chi connectivity index (χ0v) is 10.8. The van der Waals surface area contributed by atoms with Gasteiger partial charge >= 0.3 is 0 Å². The molecule has 1 aromatic heterocycles. The van der Waals surface area contributed by atoms with Crippen molar-refractivity contribution in [2.75, 3.05) is 5.33 Å². The molecule has 0 spiro atoms. The zero-order chi connectivity index (χ0) is 10.7. The second-order valence-corrected chi connectivity index (χ2v) is 5.36. The number of amides is 1. The van der Waals surface area contributed by atoms with Crippen molar-refractivity contribution in [3.8, 4) is 0 Å². The molecule has 82 valence electrons. The largest absolute Gasteiger partial charge is 0.349 e. The zero-order valence-electron chi connectivity index (χ0n) is 8.41. The van der Waals surface area contributed by atoms with Gasteiger partial charge in [-0.05, 0) is 30.2 Å². The molecule has 1 aliphatic rings. The van der Waals surface area contributed by atoms with Crippen LogP contribution in [-0.2, 0) is 0 Å². The summed E-state index contributed by atoms with van der Waals surface area (Å²) in [4.78, 5) is 11.8. The van der Waals surface area contributed by atoms with Crippen molar-refractivity contribution < 1.29 is 4.79 Å². The van der Waals surface area contributed by atoms with Crippen molar-refractivity contribution in [1.29, 1.82) is 0 Å². The average molecular weight is 288 g/mol. The Labute approximate surface area is 102 Å². The highest BCUT2D eigenvalue weighted by molar-refractivity contribution is 9.09. The van der Waals surface area contributed by atoms with Gasteiger partial charge < -0.3 is 5.32 Å². The summed E-state index contributed by atoms with van der Waals surface area (Å²) in [5.74, 6) is 0.682. The molecule has 0 radical (unpaired) electrons. The number of nitrogens with one attached hydrogen (secondary N) is 1. The fourth-order valence-electron chi connectivity index (χ4n) is 2.06. The van der Waals surface area contributed by atoms with Crippen LogP contribution in [0.5, 0.6) is 0 Å². The average Bonchev–Trinajstić information content (AvgIpc) is 2.87. The molecule has 0 aliphatic heterocycles. The Balaban J connectivity index is 1.94. The van der Waals surface area contributed by atoms with Crippen LogP contribution in [-0.4, -0.2) is 17.3 Å². The van der Waals surface area contributed by atoms with E-state index in [1.807, 2.05) is 16.8 Å². The molecular weight excluding hydrogens is 274 g/mol. The molecular formula is C11H14BrNOS. The number of hydrogen-bond donors (Lipinski definition) is 1.